The van der Waals surface area contributed by atoms with Crippen molar-refractivity contribution in [1.82, 2.24) is 19.0 Å². The molecule has 2 fully saturated rings. The van der Waals surface area contributed by atoms with Gasteiger partial charge in [0, 0.05) is 43.3 Å². The van der Waals surface area contributed by atoms with Crippen molar-refractivity contribution in [2.24, 2.45) is 12.5 Å². The van der Waals surface area contributed by atoms with Crippen LogP contribution in [0.2, 0.25) is 0 Å². The molecule has 1 N–H and O–H groups in total. The number of pyridine rings is 1. The van der Waals surface area contributed by atoms with Gasteiger partial charge in [0.05, 0.1) is 15.9 Å². The van der Waals surface area contributed by atoms with Crippen LogP contribution in [0.25, 0.3) is 21.5 Å². The molecule has 9 heteroatoms. The molecule has 37 heavy (non-hydrogen) atoms. The first-order valence-electron chi connectivity index (χ1n) is 12.3. The molecule has 4 aromatic rings. The van der Waals surface area contributed by atoms with E-state index in [1.165, 1.54) is 22.0 Å². The molecule has 0 atom stereocenters. The number of likely N-dealkylation sites (tertiary alicyclic amines) is 1. The Morgan fingerprint density at radius 1 is 1.19 bits per heavy atom. The fourth-order valence-electron chi connectivity index (χ4n) is 5.69. The van der Waals surface area contributed by atoms with Crippen molar-refractivity contribution in [2.75, 3.05) is 18.4 Å². The number of thiophene rings is 1. The number of rotatable bonds is 5. The molecule has 0 bridgehead atoms. The maximum atomic E-state index is 13.3. The summed E-state index contributed by atoms with van der Waals surface area (Å²) in [5.74, 6) is 0.299. The molecule has 1 saturated carbocycles. The summed E-state index contributed by atoms with van der Waals surface area (Å²) in [5.41, 5.74) is 2.64. The summed E-state index contributed by atoms with van der Waals surface area (Å²) >= 11 is 1.35. The van der Waals surface area contributed by atoms with Gasteiger partial charge in [-0.3, -0.25) is 19.7 Å². The molecule has 0 radical (unpaired) electrons. The number of carbonyl (C=O) groups is 2. The van der Waals surface area contributed by atoms with Crippen LogP contribution in [0.5, 0.6) is 0 Å². The van der Waals surface area contributed by atoms with Crippen molar-refractivity contribution < 1.29 is 9.59 Å². The second-order valence-electron chi connectivity index (χ2n) is 10.1. The van der Waals surface area contributed by atoms with Gasteiger partial charge in [-0.1, -0.05) is 18.7 Å². The van der Waals surface area contributed by atoms with Gasteiger partial charge in [0.2, 0.25) is 11.9 Å². The Morgan fingerprint density at radius 3 is 2.78 bits per heavy atom. The van der Waals surface area contributed by atoms with Crippen LogP contribution in [0, 0.1) is 5.41 Å². The number of aromatic nitrogens is 3. The standard InChI is InChI=1S/C28H27N5O3S/c1-3-24(34)32-13-11-28(17-32)15-19(16-28)33-21-7-5-4-6-20(21)29-27(33)30-26(36)23-9-8-22(37-23)18-10-12-31(2)25(35)14-18/h3-10,12,14,19H,1,11,13,15-17H2,2H3,(H,29,30,36)/t19-,28-. The van der Waals surface area contributed by atoms with E-state index in [0.717, 1.165) is 53.8 Å². The zero-order valence-corrected chi connectivity index (χ0v) is 21.3. The molecular weight excluding hydrogens is 486 g/mol. The number of amides is 2. The quantitative estimate of drug-likeness (QED) is 0.399. The number of nitrogens with zero attached hydrogens (tertiary/aromatic N) is 4. The lowest BCUT2D eigenvalue weighted by molar-refractivity contribution is -0.125. The van der Waals surface area contributed by atoms with Crippen LogP contribution in [0.3, 0.4) is 0 Å². The van der Waals surface area contributed by atoms with Crippen molar-refractivity contribution in [3.05, 3.63) is 82.6 Å². The second-order valence-corrected chi connectivity index (χ2v) is 11.1. The van der Waals surface area contributed by atoms with E-state index in [9.17, 15) is 14.4 Å². The number of para-hydroxylation sites is 2. The van der Waals surface area contributed by atoms with E-state index >= 15 is 0 Å². The lowest BCUT2D eigenvalue weighted by Gasteiger charge is -2.46. The average Bonchev–Trinajstić information content (AvgIpc) is 3.61. The third-order valence-corrected chi connectivity index (χ3v) is 8.80. The summed E-state index contributed by atoms with van der Waals surface area (Å²) < 4.78 is 3.66. The molecule has 1 aliphatic heterocycles. The molecule has 4 heterocycles. The smallest absolute Gasteiger partial charge is 0.268 e. The summed E-state index contributed by atoms with van der Waals surface area (Å²) in [6.07, 6.45) is 5.96. The number of carbonyl (C=O) groups excluding carboxylic acids is 2. The maximum Gasteiger partial charge on any atom is 0.268 e. The lowest BCUT2D eigenvalue weighted by atomic mass is 9.65. The number of benzene rings is 1. The lowest BCUT2D eigenvalue weighted by Crippen LogP contribution is -2.42. The molecule has 2 amide bonds. The molecule has 0 unspecified atom stereocenters. The normalized spacial score (nSPS) is 20.8. The van der Waals surface area contributed by atoms with Crippen LogP contribution in [0.15, 0.2) is 72.2 Å². The molecule has 2 aliphatic rings. The van der Waals surface area contributed by atoms with Crippen molar-refractivity contribution in [2.45, 2.75) is 25.3 Å². The van der Waals surface area contributed by atoms with E-state index in [2.05, 4.69) is 16.5 Å². The van der Waals surface area contributed by atoms with E-state index in [1.54, 1.807) is 25.4 Å². The Balaban J connectivity index is 1.24. The molecule has 6 rings (SSSR count). The van der Waals surface area contributed by atoms with Crippen LogP contribution in [-0.2, 0) is 11.8 Å². The van der Waals surface area contributed by atoms with Gasteiger partial charge in [-0.05, 0) is 66.6 Å². The molecule has 1 saturated heterocycles. The monoisotopic (exact) mass is 513 g/mol. The maximum absolute atomic E-state index is 13.3. The predicted octanol–water partition coefficient (Wildman–Crippen LogP) is 4.46. The van der Waals surface area contributed by atoms with Gasteiger partial charge < -0.3 is 14.0 Å². The van der Waals surface area contributed by atoms with Crippen molar-refractivity contribution >= 4 is 40.1 Å². The van der Waals surface area contributed by atoms with Crippen LogP contribution < -0.4 is 10.9 Å². The molecular formula is C28H27N5O3S. The number of hydrogen-bond acceptors (Lipinski definition) is 5. The molecule has 8 nitrogen and oxygen atoms in total. The highest BCUT2D eigenvalue weighted by molar-refractivity contribution is 7.17. The first kappa shape index (κ1) is 23.4. The Kier molecular flexibility index (Phi) is 5.60. The predicted molar refractivity (Wildman–Crippen MR) is 145 cm³/mol. The van der Waals surface area contributed by atoms with Crippen molar-refractivity contribution in [3.63, 3.8) is 0 Å². The zero-order valence-electron chi connectivity index (χ0n) is 20.5. The van der Waals surface area contributed by atoms with Gasteiger partial charge in [0.15, 0.2) is 0 Å². The molecule has 188 valence electrons. The number of nitrogens with one attached hydrogen (secondary N) is 1. The van der Waals surface area contributed by atoms with Gasteiger partial charge in [-0.2, -0.15) is 0 Å². The van der Waals surface area contributed by atoms with E-state index in [-0.39, 0.29) is 28.8 Å². The highest BCUT2D eigenvalue weighted by atomic mass is 32.1. The number of aryl methyl sites for hydroxylation is 1. The number of anilines is 1. The number of imidazole rings is 1. The zero-order chi connectivity index (χ0) is 25.7. The van der Waals surface area contributed by atoms with Crippen LogP contribution in [-0.4, -0.2) is 43.9 Å². The molecule has 3 aromatic heterocycles. The van der Waals surface area contributed by atoms with Crippen LogP contribution in [0.1, 0.15) is 35.0 Å². The van der Waals surface area contributed by atoms with E-state index in [0.29, 0.717) is 10.8 Å². The minimum Gasteiger partial charge on any atom is -0.339 e. The summed E-state index contributed by atoms with van der Waals surface area (Å²) in [6.45, 7) is 5.14. The third kappa shape index (κ3) is 4.09. The fourth-order valence-corrected chi connectivity index (χ4v) is 6.59. The van der Waals surface area contributed by atoms with Crippen LogP contribution in [0.4, 0.5) is 5.95 Å². The number of fused-ring (bicyclic) bond motifs is 1. The van der Waals surface area contributed by atoms with Gasteiger partial charge in [-0.15, -0.1) is 11.3 Å². The van der Waals surface area contributed by atoms with Crippen molar-refractivity contribution in [1.29, 1.82) is 0 Å². The third-order valence-electron chi connectivity index (χ3n) is 7.67. The van der Waals surface area contributed by atoms with Crippen molar-refractivity contribution in [3.8, 4) is 10.4 Å². The second kappa shape index (κ2) is 8.85. The fraction of sp³-hybridized carbons (Fsp3) is 0.286. The molecule has 1 aromatic carbocycles. The van der Waals surface area contributed by atoms with E-state index < -0.39 is 0 Å². The van der Waals surface area contributed by atoms with Gasteiger partial charge >= 0.3 is 0 Å². The minimum atomic E-state index is -0.228. The first-order valence-corrected chi connectivity index (χ1v) is 13.1. The van der Waals surface area contributed by atoms with Gasteiger partial charge in [-0.25, -0.2) is 4.98 Å². The first-order chi connectivity index (χ1) is 17.9. The Labute approximate surface area is 217 Å². The Bertz CT molecular complexity index is 1610. The Morgan fingerprint density at radius 2 is 2.00 bits per heavy atom. The average molecular weight is 514 g/mol. The summed E-state index contributed by atoms with van der Waals surface area (Å²) in [5, 5.41) is 3.05. The SMILES string of the molecule is C=CC(=O)N1CC[C@]2(C1)C[C@H](n1c(NC(=O)c3ccc(-c4ccn(C)c(=O)c4)s3)nc3ccccc31)C2. The minimum absolute atomic E-state index is 0.00691. The largest absolute Gasteiger partial charge is 0.339 e. The van der Waals surface area contributed by atoms with Gasteiger partial charge in [0.1, 0.15) is 0 Å². The number of hydrogen-bond donors (Lipinski definition) is 1. The summed E-state index contributed by atoms with van der Waals surface area (Å²) in [7, 11) is 1.71. The summed E-state index contributed by atoms with van der Waals surface area (Å²) in [6, 6.07) is 15.2. The molecule has 1 spiro atoms. The van der Waals surface area contributed by atoms with E-state index in [1.807, 2.05) is 41.3 Å². The highest BCUT2D eigenvalue weighted by Crippen LogP contribution is 2.55. The Hall–Kier alpha value is -3.98. The summed E-state index contributed by atoms with van der Waals surface area (Å²) in [4.78, 5) is 45.4. The van der Waals surface area contributed by atoms with E-state index in [4.69, 9.17) is 4.98 Å². The van der Waals surface area contributed by atoms with Crippen LogP contribution >= 0.6 is 11.3 Å². The topological polar surface area (TPSA) is 89.2 Å². The van der Waals surface area contributed by atoms with Gasteiger partial charge in [0.25, 0.3) is 11.5 Å². The molecule has 1 aliphatic carbocycles. The highest BCUT2D eigenvalue weighted by Gasteiger charge is 2.50.